The summed E-state index contributed by atoms with van der Waals surface area (Å²) in [5, 5.41) is 2.51. The van der Waals surface area contributed by atoms with Crippen molar-refractivity contribution in [3.8, 4) is 5.69 Å². The zero-order valence-corrected chi connectivity index (χ0v) is 16.2. The van der Waals surface area contributed by atoms with Gasteiger partial charge in [0.25, 0.3) is 0 Å². The molecule has 0 atom stereocenters. The molecule has 0 fully saturated rings. The average molecular weight is 383 g/mol. The van der Waals surface area contributed by atoms with Crippen LogP contribution in [0.4, 0.5) is 5.69 Å². The van der Waals surface area contributed by atoms with Crippen LogP contribution in [0.1, 0.15) is 16.7 Å². The molecule has 1 amide bonds. The molecule has 1 N–H and O–H groups in total. The molecule has 27 heavy (non-hydrogen) atoms. The highest BCUT2D eigenvalue weighted by molar-refractivity contribution is 7.92. The molecule has 0 saturated carbocycles. The van der Waals surface area contributed by atoms with Gasteiger partial charge in [0.05, 0.1) is 5.69 Å². The number of hydrogen-bond acceptors (Lipinski definition) is 4. The van der Waals surface area contributed by atoms with Gasteiger partial charge in [-0.3, -0.25) is 9.36 Å². The summed E-state index contributed by atoms with van der Waals surface area (Å²) in [4.78, 5) is 16.3. The predicted molar refractivity (Wildman–Crippen MR) is 105 cm³/mol. The first kappa shape index (κ1) is 18.8. The van der Waals surface area contributed by atoms with Gasteiger partial charge >= 0.3 is 0 Å². The van der Waals surface area contributed by atoms with Crippen LogP contribution in [0.15, 0.2) is 60.0 Å². The third-order valence-electron chi connectivity index (χ3n) is 4.25. The van der Waals surface area contributed by atoms with E-state index in [1.165, 1.54) is 10.8 Å². The monoisotopic (exact) mass is 383 g/mol. The topological polar surface area (TPSA) is 81.1 Å². The minimum Gasteiger partial charge on any atom is -0.325 e. The Bertz CT molecular complexity index is 1100. The molecule has 0 spiro atoms. The number of aromatic nitrogens is 2. The normalized spacial score (nSPS) is 11.4. The standard InChI is InChI=1S/C20H21N3O3S/c1-14-8-9-16(3)18(12-14)23-11-10-21-20(23)27(25,26)13-19(24)22-17-7-5-4-6-15(17)2/h4-12H,13H2,1-3H3,(H,22,24). The van der Waals surface area contributed by atoms with E-state index in [0.717, 1.165) is 22.4 Å². The molecule has 0 aliphatic heterocycles. The van der Waals surface area contributed by atoms with Crippen LogP contribution in [0, 0.1) is 20.8 Å². The van der Waals surface area contributed by atoms with E-state index in [1.54, 1.807) is 18.3 Å². The van der Waals surface area contributed by atoms with E-state index in [9.17, 15) is 13.2 Å². The second-order valence-corrected chi connectivity index (χ2v) is 8.38. The second kappa shape index (κ2) is 7.36. The SMILES string of the molecule is Cc1ccc(C)c(-n2ccnc2S(=O)(=O)CC(=O)Nc2ccccc2C)c1. The molecular formula is C20H21N3O3S. The fraction of sp³-hybridized carbons (Fsp3) is 0.200. The van der Waals surface area contributed by atoms with Gasteiger partial charge in [-0.2, -0.15) is 0 Å². The maximum atomic E-state index is 12.8. The second-order valence-electron chi connectivity index (χ2n) is 6.49. The van der Waals surface area contributed by atoms with Gasteiger partial charge in [0.1, 0.15) is 5.75 Å². The van der Waals surface area contributed by atoms with Crippen molar-refractivity contribution in [1.82, 2.24) is 9.55 Å². The highest BCUT2D eigenvalue weighted by Crippen LogP contribution is 2.21. The first-order valence-corrected chi connectivity index (χ1v) is 10.1. The average Bonchev–Trinajstić information content (AvgIpc) is 3.09. The van der Waals surface area contributed by atoms with Crippen LogP contribution in [0.2, 0.25) is 0 Å². The van der Waals surface area contributed by atoms with Crippen molar-refractivity contribution in [3.05, 3.63) is 71.5 Å². The van der Waals surface area contributed by atoms with Crippen molar-refractivity contribution in [2.75, 3.05) is 11.1 Å². The number of rotatable bonds is 5. The molecule has 7 heteroatoms. The van der Waals surface area contributed by atoms with Crippen molar-refractivity contribution in [1.29, 1.82) is 0 Å². The van der Waals surface area contributed by atoms with E-state index in [-0.39, 0.29) is 5.16 Å². The molecule has 0 bridgehead atoms. The number of carbonyl (C=O) groups excluding carboxylic acids is 1. The maximum absolute atomic E-state index is 12.8. The lowest BCUT2D eigenvalue weighted by molar-refractivity contribution is -0.113. The smallest absolute Gasteiger partial charge is 0.240 e. The first-order chi connectivity index (χ1) is 12.8. The van der Waals surface area contributed by atoms with Crippen molar-refractivity contribution in [2.45, 2.75) is 25.9 Å². The van der Waals surface area contributed by atoms with Crippen LogP contribution < -0.4 is 5.32 Å². The van der Waals surface area contributed by atoms with Crippen molar-refractivity contribution in [2.24, 2.45) is 0 Å². The summed E-state index contributed by atoms with van der Waals surface area (Å²) in [6, 6.07) is 13.0. The Hall–Kier alpha value is -2.93. The summed E-state index contributed by atoms with van der Waals surface area (Å²) < 4.78 is 27.2. The van der Waals surface area contributed by atoms with Crippen molar-refractivity contribution >= 4 is 21.4 Å². The van der Waals surface area contributed by atoms with Crippen molar-refractivity contribution < 1.29 is 13.2 Å². The fourth-order valence-electron chi connectivity index (χ4n) is 2.82. The number of sulfone groups is 1. The Morgan fingerprint density at radius 1 is 1.07 bits per heavy atom. The Labute approximate surface area is 158 Å². The van der Waals surface area contributed by atoms with Gasteiger partial charge in [-0.05, 0) is 49.6 Å². The predicted octanol–water partition coefficient (Wildman–Crippen LogP) is 3.21. The third-order valence-corrected chi connectivity index (χ3v) is 5.75. The van der Waals surface area contributed by atoms with E-state index < -0.39 is 21.5 Å². The quantitative estimate of drug-likeness (QED) is 0.734. The Morgan fingerprint density at radius 3 is 2.56 bits per heavy atom. The van der Waals surface area contributed by atoms with E-state index >= 15 is 0 Å². The number of amides is 1. The summed E-state index contributed by atoms with van der Waals surface area (Å²) in [7, 11) is -3.92. The molecule has 0 aliphatic rings. The van der Waals surface area contributed by atoms with Gasteiger partial charge in [-0.15, -0.1) is 0 Å². The highest BCUT2D eigenvalue weighted by atomic mass is 32.2. The molecule has 0 saturated heterocycles. The third kappa shape index (κ3) is 4.09. The molecule has 3 rings (SSSR count). The van der Waals surface area contributed by atoms with E-state index in [4.69, 9.17) is 0 Å². The summed E-state index contributed by atoms with van der Waals surface area (Å²) in [5.74, 6) is -1.27. The summed E-state index contributed by atoms with van der Waals surface area (Å²) in [6.45, 7) is 5.68. The largest absolute Gasteiger partial charge is 0.325 e. The lowest BCUT2D eigenvalue weighted by Crippen LogP contribution is -2.25. The lowest BCUT2D eigenvalue weighted by atomic mass is 10.1. The van der Waals surface area contributed by atoms with E-state index in [2.05, 4.69) is 10.3 Å². The van der Waals surface area contributed by atoms with Gasteiger partial charge < -0.3 is 5.32 Å². The van der Waals surface area contributed by atoms with Crippen LogP contribution in [0.25, 0.3) is 5.69 Å². The number of nitrogens with zero attached hydrogens (tertiary/aromatic N) is 2. The molecule has 1 aromatic heterocycles. The van der Waals surface area contributed by atoms with Gasteiger partial charge in [-0.1, -0.05) is 30.3 Å². The zero-order chi connectivity index (χ0) is 19.6. The highest BCUT2D eigenvalue weighted by Gasteiger charge is 2.25. The number of carbonyl (C=O) groups is 1. The van der Waals surface area contributed by atoms with Gasteiger partial charge in [-0.25, -0.2) is 13.4 Å². The first-order valence-electron chi connectivity index (χ1n) is 8.47. The number of aryl methyl sites for hydroxylation is 3. The summed E-state index contributed by atoms with van der Waals surface area (Å²) in [5.41, 5.74) is 4.10. The van der Waals surface area contributed by atoms with Gasteiger partial charge in [0.15, 0.2) is 0 Å². The summed E-state index contributed by atoms with van der Waals surface area (Å²) in [6.07, 6.45) is 3.02. The number of imidazole rings is 1. The lowest BCUT2D eigenvalue weighted by Gasteiger charge is -2.12. The van der Waals surface area contributed by atoms with Gasteiger partial charge in [0, 0.05) is 18.1 Å². The van der Waals surface area contributed by atoms with Crippen LogP contribution in [0.3, 0.4) is 0 Å². The minimum atomic E-state index is -3.92. The molecule has 6 nitrogen and oxygen atoms in total. The molecule has 0 radical (unpaired) electrons. The van der Waals surface area contributed by atoms with Crippen LogP contribution >= 0.6 is 0 Å². The fourth-order valence-corrected chi connectivity index (χ4v) is 4.05. The molecular weight excluding hydrogens is 362 g/mol. The molecule has 1 heterocycles. The number of para-hydroxylation sites is 1. The Morgan fingerprint density at radius 2 is 1.81 bits per heavy atom. The zero-order valence-electron chi connectivity index (χ0n) is 15.4. The van der Waals surface area contributed by atoms with Crippen molar-refractivity contribution in [3.63, 3.8) is 0 Å². The summed E-state index contributed by atoms with van der Waals surface area (Å²) >= 11 is 0. The molecule has 3 aromatic rings. The molecule has 2 aromatic carbocycles. The molecule has 0 aliphatic carbocycles. The molecule has 140 valence electrons. The molecule has 0 unspecified atom stereocenters. The Kier molecular flexibility index (Phi) is 5.14. The Balaban J connectivity index is 1.88. The van der Waals surface area contributed by atoms with Crippen LogP contribution in [0.5, 0.6) is 0 Å². The number of hydrogen-bond donors (Lipinski definition) is 1. The van der Waals surface area contributed by atoms with E-state index in [1.807, 2.05) is 51.1 Å². The number of anilines is 1. The number of nitrogens with one attached hydrogen (secondary N) is 1. The van der Waals surface area contributed by atoms with E-state index in [0.29, 0.717) is 5.69 Å². The number of benzene rings is 2. The van der Waals surface area contributed by atoms with Crippen LogP contribution in [-0.2, 0) is 14.6 Å². The maximum Gasteiger partial charge on any atom is 0.240 e. The minimum absolute atomic E-state index is 0.142. The van der Waals surface area contributed by atoms with Crippen LogP contribution in [-0.4, -0.2) is 29.6 Å². The van der Waals surface area contributed by atoms with Gasteiger partial charge in [0.2, 0.25) is 20.9 Å².